The molecule has 1 aromatic heterocycles. The summed E-state index contributed by atoms with van der Waals surface area (Å²) in [5.74, 6) is 0. The van der Waals surface area contributed by atoms with Gasteiger partial charge in [0.25, 0.3) is 0 Å². The van der Waals surface area contributed by atoms with E-state index in [2.05, 4.69) is 33.0 Å². The highest BCUT2D eigenvalue weighted by atomic mass is 79.9. The van der Waals surface area contributed by atoms with Crippen molar-refractivity contribution in [2.75, 3.05) is 6.54 Å². The van der Waals surface area contributed by atoms with Gasteiger partial charge in [0, 0.05) is 4.47 Å². The van der Waals surface area contributed by atoms with Crippen molar-refractivity contribution in [1.82, 2.24) is 4.98 Å². The summed E-state index contributed by atoms with van der Waals surface area (Å²) in [5, 5.41) is 0. The molecule has 1 aromatic carbocycles. The Hall–Kier alpha value is -0.450. The number of hydrogen-bond donors (Lipinski definition) is 1. The number of thiazole rings is 1. The van der Waals surface area contributed by atoms with Crippen LogP contribution in [-0.4, -0.2) is 11.5 Å². The molecule has 2 rings (SSSR count). The monoisotopic (exact) mass is 270 g/mol. The second-order valence-electron chi connectivity index (χ2n) is 3.16. The summed E-state index contributed by atoms with van der Waals surface area (Å²) in [7, 11) is 0. The number of nitrogens with zero attached hydrogens (tertiary/aromatic N) is 1. The van der Waals surface area contributed by atoms with Crippen LogP contribution < -0.4 is 5.73 Å². The van der Waals surface area contributed by atoms with Crippen molar-refractivity contribution in [1.29, 1.82) is 0 Å². The maximum Gasteiger partial charge on any atom is 0.0826 e. The van der Waals surface area contributed by atoms with Crippen molar-refractivity contribution >= 4 is 37.5 Å². The van der Waals surface area contributed by atoms with Crippen LogP contribution in [0.2, 0.25) is 0 Å². The van der Waals surface area contributed by atoms with E-state index in [0.29, 0.717) is 0 Å². The molecule has 0 aliphatic heterocycles. The average molecular weight is 271 g/mol. The lowest BCUT2D eigenvalue weighted by molar-refractivity contribution is 0.837. The van der Waals surface area contributed by atoms with Gasteiger partial charge in [0.2, 0.25) is 0 Å². The van der Waals surface area contributed by atoms with E-state index in [9.17, 15) is 0 Å². The Bertz CT molecular complexity index is 439. The highest BCUT2D eigenvalue weighted by molar-refractivity contribution is 9.10. The van der Waals surface area contributed by atoms with Crippen LogP contribution >= 0.6 is 27.3 Å². The molecule has 0 fully saturated rings. The lowest BCUT2D eigenvalue weighted by Gasteiger charge is -2.02. The Morgan fingerprint density at radius 1 is 1.43 bits per heavy atom. The van der Waals surface area contributed by atoms with Gasteiger partial charge < -0.3 is 5.73 Å². The highest BCUT2D eigenvalue weighted by Crippen LogP contribution is 2.27. The first-order valence-corrected chi connectivity index (χ1v) is 6.20. The molecule has 0 aliphatic rings. The molecular weight excluding hydrogens is 260 g/mol. The number of rotatable bonds is 3. The molecule has 0 atom stereocenters. The maximum absolute atomic E-state index is 5.51. The molecule has 0 aliphatic carbocycles. The van der Waals surface area contributed by atoms with Gasteiger partial charge >= 0.3 is 0 Å². The Kier molecular flexibility index (Phi) is 3.15. The van der Waals surface area contributed by atoms with Crippen molar-refractivity contribution in [3.8, 4) is 0 Å². The van der Waals surface area contributed by atoms with Gasteiger partial charge in [-0.1, -0.05) is 15.9 Å². The average Bonchev–Trinajstić information content (AvgIpc) is 2.61. The van der Waals surface area contributed by atoms with E-state index in [1.165, 1.54) is 10.3 Å². The van der Waals surface area contributed by atoms with Crippen molar-refractivity contribution in [2.45, 2.75) is 12.8 Å². The van der Waals surface area contributed by atoms with E-state index in [4.69, 9.17) is 5.73 Å². The van der Waals surface area contributed by atoms with E-state index >= 15 is 0 Å². The molecule has 0 saturated heterocycles. The molecule has 0 unspecified atom stereocenters. The van der Waals surface area contributed by atoms with Crippen molar-refractivity contribution in [3.05, 3.63) is 27.7 Å². The maximum atomic E-state index is 5.51. The second-order valence-corrected chi connectivity index (χ2v) is 4.93. The predicted molar refractivity (Wildman–Crippen MR) is 64.7 cm³/mol. The third-order valence-corrected chi connectivity index (χ3v) is 3.50. The number of nitrogens with two attached hydrogens (primary N) is 1. The van der Waals surface area contributed by atoms with Gasteiger partial charge in [-0.15, -0.1) is 11.3 Å². The Labute approximate surface area is 95.3 Å². The van der Waals surface area contributed by atoms with Crippen molar-refractivity contribution < 1.29 is 0 Å². The molecule has 0 spiro atoms. The van der Waals surface area contributed by atoms with Gasteiger partial charge in [0.1, 0.15) is 0 Å². The van der Waals surface area contributed by atoms with Gasteiger partial charge in [-0.2, -0.15) is 0 Å². The third-order valence-electron chi connectivity index (χ3n) is 2.12. The molecule has 4 heteroatoms. The summed E-state index contributed by atoms with van der Waals surface area (Å²) in [4.78, 5) is 4.31. The van der Waals surface area contributed by atoms with Gasteiger partial charge in [-0.05, 0) is 37.1 Å². The Morgan fingerprint density at radius 2 is 2.29 bits per heavy atom. The van der Waals surface area contributed by atoms with Crippen molar-refractivity contribution in [2.24, 2.45) is 5.73 Å². The molecule has 2 nitrogen and oxygen atoms in total. The lowest BCUT2D eigenvalue weighted by atomic mass is 10.1. The number of benzene rings is 1. The van der Waals surface area contributed by atoms with Gasteiger partial charge in [-0.3, -0.25) is 0 Å². The number of aryl methyl sites for hydroxylation is 1. The first-order valence-electron chi connectivity index (χ1n) is 4.53. The van der Waals surface area contributed by atoms with Crippen LogP contribution in [0.25, 0.3) is 10.2 Å². The van der Waals surface area contributed by atoms with Crippen molar-refractivity contribution in [3.63, 3.8) is 0 Å². The van der Waals surface area contributed by atoms with Gasteiger partial charge in [-0.25, -0.2) is 4.98 Å². The van der Waals surface area contributed by atoms with Crippen LogP contribution in [0.3, 0.4) is 0 Å². The van der Waals surface area contributed by atoms with E-state index in [1.54, 1.807) is 11.3 Å². The quantitative estimate of drug-likeness (QED) is 0.932. The molecule has 74 valence electrons. The van der Waals surface area contributed by atoms with E-state index in [1.807, 2.05) is 5.51 Å². The zero-order chi connectivity index (χ0) is 9.97. The van der Waals surface area contributed by atoms with Crippen LogP contribution in [0.4, 0.5) is 0 Å². The van der Waals surface area contributed by atoms with Crippen LogP contribution in [0.5, 0.6) is 0 Å². The minimum Gasteiger partial charge on any atom is -0.330 e. The summed E-state index contributed by atoms with van der Waals surface area (Å²) in [5.41, 5.74) is 9.83. The second kappa shape index (κ2) is 4.38. The van der Waals surface area contributed by atoms with E-state index in [0.717, 1.165) is 29.4 Å². The zero-order valence-corrected chi connectivity index (χ0v) is 10.1. The first kappa shape index (κ1) is 10.1. The highest BCUT2D eigenvalue weighted by Gasteiger charge is 2.04. The Morgan fingerprint density at radius 3 is 3.07 bits per heavy atom. The molecule has 1 heterocycles. The third kappa shape index (κ3) is 1.97. The first-order chi connectivity index (χ1) is 6.81. The van der Waals surface area contributed by atoms with Crippen LogP contribution in [0.1, 0.15) is 12.0 Å². The number of aromatic nitrogens is 1. The number of fused-ring (bicyclic) bond motifs is 1. The smallest absolute Gasteiger partial charge is 0.0826 e. The Balaban J connectivity index is 2.44. The molecule has 0 bridgehead atoms. The number of hydrogen-bond acceptors (Lipinski definition) is 3. The molecule has 2 aromatic rings. The lowest BCUT2D eigenvalue weighted by Crippen LogP contribution is -2.00. The number of halogens is 1. The summed E-state index contributed by atoms with van der Waals surface area (Å²) in [6.45, 7) is 0.743. The van der Waals surface area contributed by atoms with E-state index < -0.39 is 0 Å². The molecule has 2 N–H and O–H groups in total. The standard InChI is InChI=1S/C10H11BrN2S/c11-8-4-7(2-1-3-12)10-9(5-8)13-6-14-10/h4-6H,1-3,12H2. The largest absolute Gasteiger partial charge is 0.330 e. The predicted octanol–water partition coefficient (Wildman–Crippen LogP) is 2.95. The summed E-state index contributed by atoms with van der Waals surface area (Å²) < 4.78 is 2.39. The SMILES string of the molecule is NCCCc1cc(Br)cc2ncsc12. The summed E-state index contributed by atoms with van der Waals surface area (Å²) in [6, 6.07) is 4.22. The summed E-state index contributed by atoms with van der Waals surface area (Å²) >= 11 is 5.19. The van der Waals surface area contributed by atoms with Gasteiger partial charge in [0.05, 0.1) is 15.7 Å². The fraction of sp³-hybridized carbons (Fsp3) is 0.300. The fourth-order valence-corrected chi connectivity index (χ4v) is 2.79. The van der Waals surface area contributed by atoms with Crippen LogP contribution in [-0.2, 0) is 6.42 Å². The minimum absolute atomic E-state index is 0.743. The van der Waals surface area contributed by atoms with Crippen LogP contribution in [0, 0.1) is 0 Å². The van der Waals surface area contributed by atoms with Gasteiger partial charge in [0.15, 0.2) is 0 Å². The fourth-order valence-electron chi connectivity index (χ4n) is 1.48. The zero-order valence-electron chi connectivity index (χ0n) is 7.66. The topological polar surface area (TPSA) is 38.9 Å². The molecular formula is C10H11BrN2S. The molecule has 14 heavy (non-hydrogen) atoms. The summed E-state index contributed by atoms with van der Waals surface area (Å²) in [6.07, 6.45) is 2.07. The van der Waals surface area contributed by atoms with Crippen LogP contribution in [0.15, 0.2) is 22.1 Å². The normalized spacial score (nSPS) is 11.0. The molecule has 0 saturated carbocycles. The molecule has 0 amide bonds. The van der Waals surface area contributed by atoms with E-state index in [-0.39, 0.29) is 0 Å². The minimum atomic E-state index is 0.743. The molecule has 0 radical (unpaired) electrons.